The molecular formula is C34H37N6P. The summed E-state index contributed by atoms with van der Waals surface area (Å²) in [6.45, 7) is 8.56. The second kappa shape index (κ2) is 9.99. The van der Waals surface area contributed by atoms with Crippen molar-refractivity contribution < 1.29 is 0 Å². The van der Waals surface area contributed by atoms with Crippen LogP contribution in [-0.4, -0.2) is 56.1 Å². The van der Waals surface area contributed by atoms with Crippen LogP contribution < -0.4 is 9.68 Å². The zero-order chi connectivity index (χ0) is 28.2. The fourth-order valence-corrected chi connectivity index (χ4v) is 10.6. The Kier molecular flexibility index (Phi) is 6.39. The number of allylic oxidation sites excluding steroid dienone is 2. The maximum Gasteiger partial charge on any atom is 0.179 e. The molecule has 1 atom stereocenters. The van der Waals surface area contributed by atoms with Crippen LogP contribution in [0.15, 0.2) is 118 Å². The van der Waals surface area contributed by atoms with Crippen LogP contribution in [0.4, 0.5) is 17.1 Å². The number of rotatable bonds is 3. The molecule has 7 rings (SSSR count). The predicted molar refractivity (Wildman–Crippen MR) is 174 cm³/mol. The van der Waals surface area contributed by atoms with Gasteiger partial charge in [-0.25, -0.2) is 14.2 Å². The van der Waals surface area contributed by atoms with E-state index >= 15 is 0 Å². The van der Waals surface area contributed by atoms with Crippen LogP contribution in [0.3, 0.4) is 0 Å². The molecule has 6 nitrogen and oxygen atoms in total. The molecule has 0 amide bonds. The highest BCUT2D eigenvalue weighted by molar-refractivity contribution is 7.71. The molecule has 1 fully saturated rings. The number of benzene rings is 4. The Balaban J connectivity index is 1.58. The van der Waals surface area contributed by atoms with Crippen LogP contribution in [0.25, 0.3) is 10.8 Å². The van der Waals surface area contributed by atoms with Crippen molar-refractivity contribution in [1.82, 2.24) is 9.57 Å². The molecule has 0 bridgehead atoms. The molecule has 0 radical (unpaired) electrons. The van der Waals surface area contributed by atoms with E-state index in [1.807, 2.05) is 0 Å². The van der Waals surface area contributed by atoms with Crippen LogP contribution in [0.2, 0.25) is 0 Å². The Bertz CT molecular complexity index is 1730. The Morgan fingerprint density at radius 3 is 2.22 bits per heavy atom. The molecule has 1 saturated heterocycles. The Morgan fingerprint density at radius 2 is 1.44 bits per heavy atom. The number of anilines is 2. The minimum absolute atomic E-state index is 0.203. The third kappa shape index (κ3) is 4.08. The van der Waals surface area contributed by atoms with Gasteiger partial charge in [0.1, 0.15) is 0 Å². The molecule has 3 aliphatic heterocycles. The van der Waals surface area contributed by atoms with E-state index in [4.69, 9.17) is 9.85 Å². The van der Waals surface area contributed by atoms with E-state index in [0.717, 1.165) is 37.6 Å². The van der Waals surface area contributed by atoms with E-state index < -0.39 is 7.36 Å². The summed E-state index contributed by atoms with van der Waals surface area (Å²) in [6.07, 6.45) is 2.13. The van der Waals surface area contributed by atoms with Gasteiger partial charge in [0.05, 0.1) is 22.9 Å². The molecule has 3 aliphatic rings. The summed E-state index contributed by atoms with van der Waals surface area (Å²) >= 11 is 0. The second-order valence-electron chi connectivity index (χ2n) is 11.7. The maximum atomic E-state index is 5.95. The van der Waals surface area contributed by atoms with Crippen molar-refractivity contribution in [3.8, 4) is 0 Å². The zero-order valence-electron chi connectivity index (χ0n) is 24.3. The second-order valence-corrected chi connectivity index (χ2v) is 14.5. The third-order valence-electron chi connectivity index (χ3n) is 8.86. The van der Waals surface area contributed by atoms with Gasteiger partial charge in [0.2, 0.25) is 0 Å². The molecule has 7 heteroatoms. The van der Waals surface area contributed by atoms with Crippen molar-refractivity contribution in [2.75, 3.05) is 50.0 Å². The van der Waals surface area contributed by atoms with Gasteiger partial charge >= 0.3 is 0 Å². The van der Waals surface area contributed by atoms with Crippen molar-refractivity contribution >= 4 is 41.4 Å². The number of piperazine rings is 1. The van der Waals surface area contributed by atoms with E-state index in [1.165, 1.54) is 33.0 Å². The van der Waals surface area contributed by atoms with Crippen LogP contribution in [-0.2, 0) is 5.41 Å². The van der Waals surface area contributed by atoms with Crippen LogP contribution in [0.5, 0.6) is 0 Å². The molecule has 3 heterocycles. The van der Waals surface area contributed by atoms with Gasteiger partial charge in [-0.1, -0.05) is 86.6 Å². The Labute approximate surface area is 243 Å². The molecule has 41 heavy (non-hydrogen) atoms. The number of fused-ring (bicyclic) bond motifs is 2. The number of likely N-dealkylation sites (N-methyl/N-ethyl adjacent to an activating group) is 2. The molecule has 0 aromatic heterocycles. The number of nitrogens with zero attached hydrogens (tertiary/aromatic N) is 6. The van der Waals surface area contributed by atoms with Crippen LogP contribution in [0, 0.1) is 0 Å². The minimum Gasteiger partial charge on any atom is -0.346 e. The van der Waals surface area contributed by atoms with Gasteiger partial charge in [-0.2, -0.15) is 5.10 Å². The molecule has 1 unspecified atom stereocenters. The topological polar surface area (TPSA) is 37.7 Å². The lowest BCUT2D eigenvalue weighted by Crippen LogP contribution is -2.44. The first-order valence-electron chi connectivity index (χ1n) is 14.4. The van der Waals surface area contributed by atoms with Gasteiger partial charge in [0, 0.05) is 55.4 Å². The van der Waals surface area contributed by atoms with E-state index in [1.54, 1.807) is 0 Å². The van der Waals surface area contributed by atoms with E-state index in [9.17, 15) is 0 Å². The highest BCUT2D eigenvalue weighted by Gasteiger charge is 2.50. The average molecular weight is 561 g/mol. The Morgan fingerprint density at radius 1 is 0.756 bits per heavy atom. The first kappa shape index (κ1) is 26.2. The fourth-order valence-electron chi connectivity index (χ4n) is 6.76. The average Bonchev–Trinajstić information content (AvgIpc) is 3.45. The van der Waals surface area contributed by atoms with Gasteiger partial charge in [-0.15, -0.1) is 0 Å². The first-order chi connectivity index (χ1) is 19.9. The lowest BCUT2D eigenvalue weighted by Gasteiger charge is -2.44. The normalized spacial score (nSPS) is 24.3. The molecule has 4 aromatic carbocycles. The largest absolute Gasteiger partial charge is 0.346 e. The molecule has 4 aromatic rings. The number of para-hydroxylation sites is 2. The number of hydrogen-bond donors (Lipinski definition) is 0. The van der Waals surface area contributed by atoms with Crippen molar-refractivity contribution in [3.63, 3.8) is 0 Å². The summed E-state index contributed by atoms with van der Waals surface area (Å²) in [5, 5.41) is 8.86. The maximum absolute atomic E-state index is 5.95. The van der Waals surface area contributed by atoms with Gasteiger partial charge < -0.3 is 9.80 Å². The molecule has 0 aliphatic carbocycles. The molecule has 0 spiro atoms. The van der Waals surface area contributed by atoms with E-state index in [0.29, 0.717) is 0 Å². The monoisotopic (exact) mass is 560 g/mol. The highest BCUT2D eigenvalue weighted by Crippen LogP contribution is 2.71. The molecular weight excluding hydrogens is 523 g/mol. The standard InChI is InChI=1S/C34H37N6P/c1-34(2)29-18-10-11-20-31(29)38(4)33(34)32-25-35-40(27-15-6-5-7-16-27)41(32,39-23-21-37(3)22-24-39)36-30-19-12-14-26-13-8-9-17-28(26)30/h5-20,25H,21-24H2,1-4H3/b33-32+. The number of hydrazone groups is 1. The Hall–Kier alpha value is -3.70. The van der Waals surface area contributed by atoms with Gasteiger partial charge in [-0.05, 0) is 42.3 Å². The summed E-state index contributed by atoms with van der Waals surface area (Å²) in [7, 11) is 1.80. The quantitative estimate of drug-likeness (QED) is 0.239. The minimum atomic E-state index is -2.63. The van der Waals surface area contributed by atoms with Crippen LogP contribution in [0.1, 0.15) is 19.4 Å². The summed E-state index contributed by atoms with van der Waals surface area (Å²) < 4.78 is 10.9. The van der Waals surface area contributed by atoms with Gasteiger partial charge in [0.15, 0.2) is 7.36 Å². The summed E-state index contributed by atoms with van der Waals surface area (Å²) in [4.78, 5) is 4.82. The molecule has 208 valence electrons. The highest BCUT2D eigenvalue weighted by atomic mass is 31.2. The third-order valence-corrected chi connectivity index (χ3v) is 12.4. The fraction of sp³-hybridized carbons (Fsp3) is 0.265. The number of hydrogen-bond acceptors (Lipinski definition) is 4. The first-order valence-corrected chi connectivity index (χ1v) is 16.1. The van der Waals surface area contributed by atoms with Crippen molar-refractivity contribution in [3.05, 3.63) is 114 Å². The summed E-state index contributed by atoms with van der Waals surface area (Å²) in [6, 6.07) is 34.5. The van der Waals surface area contributed by atoms with E-state index in [-0.39, 0.29) is 5.41 Å². The molecule has 0 saturated carbocycles. The van der Waals surface area contributed by atoms with Gasteiger partial charge in [-0.3, -0.25) is 0 Å². The van der Waals surface area contributed by atoms with Crippen molar-refractivity contribution in [2.24, 2.45) is 9.85 Å². The SMILES string of the molecule is CN1CCN(P2(=Nc3cccc4ccccc34)/C(=C3/N(C)c4ccccc4C3(C)C)C=NN2c2ccccc2)CC1. The van der Waals surface area contributed by atoms with Crippen LogP contribution >= 0.6 is 7.36 Å². The van der Waals surface area contributed by atoms with E-state index in [2.05, 4.69) is 150 Å². The molecule has 0 N–H and O–H groups in total. The van der Waals surface area contributed by atoms with Gasteiger partial charge in [0.25, 0.3) is 0 Å². The lowest BCUT2D eigenvalue weighted by molar-refractivity contribution is 0.227. The summed E-state index contributed by atoms with van der Waals surface area (Å²) in [5.74, 6) is 0. The summed E-state index contributed by atoms with van der Waals surface area (Å²) in [5.41, 5.74) is 5.79. The van der Waals surface area contributed by atoms with Crippen molar-refractivity contribution in [1.29, 1.82) is 0 Å². The van der Waals surface area contributed by atoms with Crippen molar-refractivity contribution in [2.45, 2.75) is 19.3 Å². The zero-order valence-corrected chi connectivity index (χ0v) is 25.2. The lowest BCUT2D eigenvalue weighted by atomic mass is 9.84. The predicted octanol–water partition coefficient (Wildman–Crippen LogP) is 7.90. The smallest absolute Gasteiger partial charge is 0.179 e.